The van der Waals surface area contributed by atoms with Crippen molar-refractivity contribution < 1.29 is 14.0 Å². The van der Waals surface area contributed by atoms with Crippen molar-refractivity contribution in [2.75, 3.05) is 25.0 Å². The van der Waals surface area contributed by atoms with Crippen molar-refractivity contribution in [1.29, 1.82) is 0 Å². The second-order valence-corrected chi connectivity index (χ2v) is 6.67. The van der Waals surface area contributed by atoms with Crippen molar-refractivity contribution in [2.24, 2.45) is 0 Å². The molecule has 0 spiro atoms. The molecule has 3 rings (SSSR count). The predicted octanol–water partition coefficient (Wildman–Crippen LogP) is 3.35. The molecule has 0 aromatic heterocycles. The van der Waals surface area contributed by atoms with Crippen molar-refractivity contribution in [1.82, 2.24) is 10.2 Å². The molecule has 27 heavy (non-hydrogen) atoms. The van der Waals surface area contributed by atoms with E-state index in [4.69, 9.17) is 0 Å². The fraction of sp³-hybridized carbons (Fsp3) is 0.333. The molecule has 1 atom stereocenters. The van der Waals surface area contributed by atoms with Crippen molar-refractivity contribution >= 4 is 17.5 Å². The molecule has 1 unspecified atom stereocenters. The maximum Gasteiger partial charge on any atom is 0.251 e. The van der Waals surface area contributed by atoms with Crippen LogP contribution in [0.15, 0.2) is 48.5 Å². The number of benzene rings is 2. The van der Waals surface area contributed by atoms with E-state index < -0.39 is 0 Å². The number of nitrogens with zero attached hydrogens (tertiary/aromatic N) is 1. The van der Waals surface area contributed by atoms with E-state index in [-0.39, 0.29) is 30.2 Å². The van der Waals surface area contributed by atoms with Crippen LogP contribution in [0.3, 0.4) is 0 Å². The number of likely N-dealkylation sites (tertiary alicyclic amines) is 1. The number of nitrogens with one attached hydrogen (secondary N) is 2. The fourth-order valence-corrected chi connectivity index (χ4v) is 3.46. The normalized spacial score (nSPS) is 16.9. The lowest BCUT2D eigenvalue weighted by Crippen LogP contribution is -2.33. The third kappa shape index (κ3) is 4.92. The first-order valence-electron chi connectivity index (χ1n) is 9.24. The van der Waals surface area contributed by atoms with Gasteiger partial charge in [0.05, 0.1) is 6.54 Å². The fourth-order valence-electron chi connectivity index (χ4n) is 3.46. The van der Waals surface area contributed by atoms with Gasteiger partial charge in [-0.2, -0.15) is 0 Å². The van der Waals surface area contributed by atoms with Gasteiger partial charge in [-0.3, -0.25) is 14.5 Å². The molecule has 0 radical (unpaired) electrons. The molecule has 5 nitrogen and oxygen atoms in total. The summed E-state index contributed by atoms with van der Waals surface area (Å²) >= 11 is 0. The third-order valence-electron chi connectivity index (χ3n) is 4.71. The van der Waals surface area contributed by atoms with Gasteiger partial charge in [0.25, 0.3) is 5.91 Å². The molecule has 142 valence electrons. The maximum absolute atomic E-state index is 13.2. The molecule has 1 fully saturated rings. The summed E-state index contributed by atoms with van der Waals surface area (Å²) in [5, 5.41) is 5.61. The Bertz CT molecular complexity index is 807. The minimum atomic E-state index is -0.256. The van der Waals surface area contributed by atoms with E-state index in [2.05, 4.69) is 15.5 Å². The summed E-state index contributed by atoms with van der Waals surface area (Å²) in [7, 11) is 0. The second kappa shape index (κ2) is 8.77. The Morgan fingerprint density at radius 1 is 1.19 bits per heavy atom. The molecule has 2 aromatic carbocycles. The zero-order valence-corrected chi connectivity index (χ0v) is 15.4. The quantitative estimate of drug-likeness (QED) is 0.821. The molecular weight excluding hydrogens is 345 g/mol. The molecule has 1 aliphatic rings. The van der Waals surface area contributed by atoms with Crippen LogP contribution in [-0.2, 0) is 4.79 Å². The van der Waals surface area contributed by atoms with Gasteiger partial charge < -0.3 is 10.6 Å². The van der Waals surface area contributed by atoms with Crippen LogP contribution >= 0.6 is 0 Å². The summed E-state index contributed by atoms with van der Waals surface area (Å²) < 4.78 is 13.2. The van der Waals surface area contributed by atoms with E-state index in [9.17, 15) is 14.0 Å². The molecular formula is C21H24FN3O2. The molecule has 1 aliphatic heterocycles. The molecule has 1 heterocycles. The minimum Gasteiger partial charge on any atom is -0.352 e. The van der Waals surface area contributed by atoms with Gasteiger partial charge in [0.2, 0.25) is 5.91 Å². The smallest absolute Gasteiger partial charge is 0.251 e. The molecule has 2 amide bonds. The summed E-state index contributed by atoms with van der Waals surface area (Å²) in [5.74, 6) is -0.547. The Morgan fingerprint density at radius 3 is 2.70 bits per heavy atom. The topological polar surface area (TPSA) is 61.4 Å². The summed E-state index contributed by atoms with van der Waals surface area (Å²) in [6.45, 7) is 3.49. The van der Waals surface area contributed by atoms with Crippen LogP contribution in [0.2, 0.25) is 0 Å². The second-order valence-electron chi connectivity index (χ2n) is 6.67. The SMILES string of the molecule is CCNC(=O)c1cccc(NC(=O)CN2CCCC2c2ccc(F)cc2)c1. The van der Waals surface area contributed by atoms with Gasteiger partial charge >= 0.3 is 0 Å². The zero-order valence-electron chi connectivity index (χ0n) is 15.4. The van der Waals surface area contributed by atoms with Crippen molar-refractivity contribution in [3.8, 4) is 0 Å². The number of amides is 2. The van der Waals surface area contributed by atoms with Gasteiger partial charge in [-0.05, 0) is 62.2 Å². The highest BCUT2D eigenvalue weighted by Crippen LogP contribution is 2.31. The largest absolute Gasteiger partial charge is 0.352 e. The highest BCUT2D eigenvalue weighted by molar-refractivity contribution is 5.97. The summed E-state index contributed by atoms with van der Waals surface area (Å²) in [5.41, 5.74) is 2.14. The lowest BCUT2D eigenvalue weighted by molar-refractivity contribution is -0.117. The first-order chi connectivity index (χ1) is 13.1. The number of rotatable bonds is 6. The summed E-state index contributed by atoms with van der Waals surface area (Å²) in [6, 6.07) is 13.5. The van der Waals surface area contributed by atoms with E-state index >= 15 is 0 Å². The standard InChI is InChI=1S/C21H24FN3O2/c1-2-23-21(27)16-5-3-6-18(13-16)24-20(26)14-25-12-4-7-19(25)15-8-10-17(22)11-9-15/h3,5-6,8-11,13,19H,2,4,7,12,14H2,1H3,(H,23,27)(H,24,26). The average Bonchev–Trinajstić information content (AvgIpc) is 3.10. The van der Waals surface area contributed by atoms with E-state index in [1.807, 2.05) is 6.92 Å². The molecule has 0 bridgehead atoms. The van der Waals surface area contributed by atoms with Crippen molar-refractivity contribution in [3.63, 3.8) is 0 Å². The zero-order chi connectivity index (χ0) is 19.2. The Kier molecular flexibility index (Phi) is 6.19. The molecule has 2 aromatic rings. The Morgan fingerprint density at radius 2 is 1.96 bits per heavy atom. The van der Waals surface area contributed by atoms with Crippen LogP contribution in [0.5, 0.6) is 0 Å². The van der Waals surface area contributed by atoms with Crippen LogP contribution in [0.1, 0.15) is 41.7 Å². The number of hydrogen-bond donors (Lipinski definition) is 2. The third-order valence-corrected chi connectivity index (χ3v) is 4.71. The van der Waals surface area contributed by atoms with Crippen molar-refractivity contribution in [3.05, 3.63) is 65.5 Å². The van der Waals surface area contributed by atoms with Gasteiger partial charge in [0.1, 0.15) is 5.82 Å². The van der Waals surface area contributed by atoms with E-state index in [0.717, 1.165) is 24.9 Å². The average molecular weight is 369 g/mol. The Hall–Kier alpha value is -2.73. The number of hydrogen-bond acceptors (Lipinski definition) is 3. The summed E-state index contributed by atoms with van der Waals surface area (Å²) in [4.78, 5) is 26.5. The molecule has 0 aliphatic carbocycles. The number of anilines is 1. The Balaban J connectivity index is 1.62. The highest BCUT2D eigenvalue weighted by atomic mass is 19.1. The maximum atomic E-state index is 13.2. The first-order valence-corrected chi connectivity index (χ1v) is 9.24. The highest BCUT2D eigenvalue weighted by Gasteiger charge is 2.27. The van der Waals surface area contributed by atoms with Crippen LogP contribution < -0.4 is 10.6 Å². The monoisotopic (exact) mass is 369 g/mol. The van der Waals surface area contributed by atoms with Crippen LogP contribution in [0.4, 0.5) is 10.1 Å². The lowest BCUT2D eigenvalue weighted by atomic mass is 10.0. The first kappa shape index (κ1) is 19.0. The number of carbonyl (C=O) groups excluding carboxylic acids is 2. The van der Waals surface area contributed by atoms with Gasteiger partial charge in [-0.15, -0.1) is 0 Å². The molecule has 2 N–H and O–H groups in total. The van der Waals surface area contributed by atoms with E-state index in [1.54, 1.807) is 36.4 Å². The predicted molar refractivity (Wildman–Crippen MR) is 103 cm³/mol. The number of halogens is 1. The van der Waals surface area contributed by atoms with Gasteiger partial charge in [0, 0.05) is 23.8 Å². The number of carbonyl (C=O) groups is 2. The molecule has 1 saturated heterocycles. The van der Waals surface area contributed by atoms with Crippen molar-refractivity contribution in [2.45, 2.75) is 25.8 Å². The van der Waals surface area contributed by atoms with Crippen LogP contribution in [0, 0.1) is 5.82 Å². The lowest BCUT2D eigenvalue weighted by Gasteiger charge is -2.24. The molecule has 0 saturated carbocycles. The van der Waals surface area contributed by atoms with E-state index in [1.165, 1.54) is 12.1 Å². The summed E-state index contributed by atoms with van der Waals surface area (Å²) in [6.07, 6.45) is 1.95. The van der Waals surface area contributed by atoms with E-state index in [0.29, 0.717) is 17.8 Å². The van der Waals surface area contributed by atoms with Gasteiger partial charge in [-0.1, -0.05) is 18.2 Å². The minimum absolute atomic E-state index is 0.123. The van der Waals surface area contributed by atoms with Gasteiger partial charge in [0.15, 0.2) is 0 Å². The van der Waals surface area contributed by atoms with Crippen LogP contribution in [-0.4, -0.2) is 36.3 Å². The van der Waals surface area contributed by atoms with Gasteiger partial charge in [-0.25, -0.2) is 4.39 Å². The van der Waals surface area contributed by atoms with Crippen LogP contribution in [0.25, 0.3) is 0 Å². The Labute approximate surface area is 158 Å². The molecule has 6 heteroatoms.